The van der Waals surface area contributed by atoms with Gasteiger partial charge in [-0.05, 0) is 37.3 Å². The third-order valence-corrected chi connectivity index (χ3v) is 4.63. The Kier molecular flexibility index (Phi) is 4.18. The molecule has 0 aliphatic heterocycles. The minimum absolute atomic E-state index is 0.164. The molecule has 3 aromatic rings. The van der Waals surface area contributed by atoms with Crippen molar-refractivity contribution < 1.29 is 15.0 Å². The van der Waals surface area contributed by atoms with Crippen molar-refractivity contribution in [1.29, 1.82) is 0 Å². The fourth-order valence-electron chi connectivity index (χ4n) is 2.32. The molecule has 0 saturated carbocycles. The summed E-state index contributed by atoms with van der Waals surface area (Å²) in [6.07, 6.45) is 3.00. The second kappa shape index (κ2) is 6.29. The molecule has 6 nitrogen and oxygen atoms in total. The molecule has 0 amide bonds. The molecule has 24 heavy (non-hydrogen) atoms. The van der Waals surface area contributed by atoms with E-state index in [-0.39, 0.29) is 11.3 Å². The van der Waals surface area contributed by atoms with E-state index in [0.29, 0.717) is 17.6 Å². The number of thiophene rings is 1. The highest BCUT2D eigenvalue weighted by Crippen LogP contribution is 2.24. The molecular formula is C17H14N2O4S. The zero-order chi connectivity index (χ0) is 17.3. The van der Waals surface area contributed by atoms with Crippen molar-refractivity contribution in [3.8, 4) is 5.75 Å². The molecule has 0 saturated heterocycles. The smallest absolute Gasteiger partial charge is 0.341 e. The van der Waals surface area contributed by atoms with Gasteiger partial charge in [0.2, 0.25) is 5.43 Å². The number of phenols is 1. The number of carbonyl (C=O) groups is 1. The number of aromatic nitrogens is 1. The van der Waals surface area contributed by atoms with E-state index in [1.807, 2.05) is 6.92 Å². The SMILES string of the molecule is CCn1cc(C(=O)O)c(=O)c2cc(C=Nc3ccc(O)cc3)sc21. The van der Waals surface area contributed by atoms with Gasteiger partial charge in [0.15, 0.2) is 0 Å². The van der Waals surface area contributed by atoms with Gasteiger partial charge in [0.25, 0.3) is 0 Å². The molecule has 7 heteroatoms. The van der Waals surface area contributed by atoms with Crippen molar-refractivity contribution in [3.63, 3.8) is 0 Å². The molecule has 0 aliphatic carbocycles. The van der Waals surface area contributed by atoms with Gasteiger partial charge in [-0.1, -0.05) is 0 Å². The van der Waals surface area contributed by atoms with Crippen LogP contribution in [-0.2, 0) is 6.54 Å². The van der Waals surface area contributed by atoms with Crippen LogP contribution in [0.2, 0.25) is 0 Å². The van der Waals surface area contributed by atoms with E-state index >= 15 is 0 Å². The molecule has 0 spiro atoms. The van der Waals surface area contributed by atoms with Crippen molar-refractivity contribution >= 4 is 39.4 Å². The Morgan fingerprint density at radius 2 is 2.04 bits per heavy atom. The van der Waals surface area contributed by atoms with E-state index < -0.39 is 11.4 Å². The second-order valence-corrected chi connectivity index (χ2v) is 6.17. The standard InChI is InChI=1S/C17H14N2O4S/c1-2-19-9-14(17(22)23)15(21)13-7-12(24-16(13)19)8-18-10-3-5-11(20)6-4-10/h3-9,20H,2H2,1H3,(H,22,23). The number of fused-ring (bicyclic) bond motifs is 1. The van der Waals surface area contributed by atoms with Crippen molar-refractivity contribution in [2.24, 2.45) is 4.99 Å². The van der Waals surface area contributed by atoms with Gasteiger partial charge < -0.3 is 14.8 Å². The number of phenolic OH excluding ortho intramolecular Hbond substituents is 1. The van der Waals surface area contributed by atoms with E-state index in [1.54, 1.807) is 29.0 Å². The number of aliphatic imine (C=N–C) groups is 1. The van der Waals surface area contributed by atoms with Crippen molar-refractivity contribution in [1.82, 2.24) is 4.57 Å². The first kappa shape index (κ1) is 15.9. The number of pyridine rings is 1. The normalized spacial score (nSPS) is 11.4. The number of aryl methyl sites for hydroxylation is 1. The van der Waals surface area contributed by atoms with E-state index in [0.717, 1.165) is 9.71 Å². The summed E-state index contributed by atoms with van der Waals surface area (Å²) in [4.78, 5) is 29.3. The summed E-state index contributed by atoms with van der Waals surface area (Å²) < 4.78 is 1.75. The van der Waals surface area contributed by atoms with Crippen molar-refractivity contribution in [2.75, 3.05) is 0 Å². The molecule has 0 aliphatic rings. The number of benzene rings is 1. The van der Waals surface area contributed by atoms with Gasteiger partial charge in [0, 0.05) is 23.8 Å². The summed E-state index contributed by atoms with van der Waals surface area (Å²) in [5.41, 5.74) is -0.0471. The molecule has 2 heterocycles. The minimum Gasteiger partial charge on any atom is -0.508 e. The number of carboxylic acids is 1. The Balaban J connectivity index is 2.07. The Hall–Kier alpha value is -2.93. The molecule has 0 fully saturated rings. The lowest BCUT2D eigenvalue weighted by Crippen LogP contribution is -2.17. The maximum absolute atomic E-state index is 12.3. The number of hydrogen-bond donors (Lipinski definition) is 2. The summed E-state index contributed by atoms with van der Waals surface area (Å²) in [7, 11) is 0. The van der Waals surface area contributed by atoms with Gasteiger partial charge in [-0.2, -0.15) is 0 Å². The maximum Gasteiger partial charge on any atom is 0.341 e. The van der Waals surface area contributed by atoms with Crippen LogP contribution < -0.4 is 5.43 Å². The molecule has 2 N–H and O–H groups in total. The first-order valence-electron chi connectivity index (χ1n) is 7.23. The number of carboxylic acid groups (broad SMARTS) is 1. The fourth-order valence-corrected chi connectivity index (χ4v) is 3.39. The van der Waals surface area contributed by atoms with Crippen LogP contribution in [0.5, 0.6) is 5.75 Å². The van der Waals surface area contributed by atoms with Crippen LogP contribution in [0.25, 0.3) is 10.2 Å². The molecule has 0 atom stereocenters. The van der Waals surface area contributed by atoms with E-state index in [9.17, 15) is 14.7 Å². The highest BCUT2D eigenvalue weighted by atomic mass is 32.1. The van der Waals surface area contributed by atoms with Crippen LogP contribution in [-0.4, -0.2) is 27.0 Å². The Labute approximate surface area is 141 Å². The summed E-state index contributed by atoms with van der Waals surface area (Å²) in [6.45, 7) is 2.45. The Morgan fingerprint density at radius 3 is 2.67 bits per heavy atom. The highest BCUT2D eigenvalue weighted by molar-refractivity contribution is 7.20. The van der Waals surface area contributed by atoms with Crippen LogP contribution >= 0.6 is 11.3 Å². The number of rotatable bonds is 4. The monoisotopic (exact) mass is 342 g/mol. The van der Waals surface area contributed by atoms with Gasteiger partial charge in [-0.3, -0.25) is 9.79 Å². The Bertz CT molecular complexity index is 1000. The molecule has 0 bridgehead atoms. The third kappa shape index (κ3) is 2.93. The third-order valence-electron chi connectivity index (χ3n) is 3.53. The van der Waals surface area contributed by atoms with E-state index in [1.165, 1.54) is 29.7 Å². The average Bonchev–Trinajstić information content (AvgIpc) is 2.99. The lowest BCUT2D eigenvalue weighted by Gasteiger charge is -2.05. The highest BCUT2D eigenvalue weighted by Gasteiger charge is 2.16. The van der Waals surface area contributed by atoms with E-state index in [4.69, 9.17) is 5.11 Å². The van der Waals surface area contributed by atoms with E-state index in [2.05, 4.69) is 4.99 Å². The Morgan fingerprint density at radius 1 is 1.33 bits per heavy atom. The largest absolute Gasteiger partial charge is 0.508 e. The van der Waals surface area contributed by atoms with Crippen molar-refractivity contribution in [2.45, 2.75) is 13.5 Å². The maximum atomic E-state index is 12.3. The molecule has 3 rings (SSSR count). The van der Waals surface area contributed by atoms with Gasteiger partial charge in [-0.15, -0.1) is 11.3 Å². The molecule has 2 aromatic heterocycles. The molecule has 122 valence electrons. The van der Waals surface area contributed by atoms with Gasteiger partial charge in [0.05, 0.1) is 11.1 Å². The fraction of sp³-hybridized carbons (Fsp3) is 0.118. The van der Waals surface area contributed by atoms with Crippen LogP contribution in [0, 0.1) is 0 Å². The predicted molar refractivity (Wildman–Crippen MR) is 94.1 cm³/mol. The zero-order valence-corrected chi connectivity index (χ0v) is 13.6. The molecule has 0 unspecified atom stereocenters. The minimum atomic E-state index is -1.23. The van der Waals surface area contributed by atoms with Crippen LogP contribution in [0.3, 0.4) is 0 Å². The predicted octanol–water partition coefficient (Wildman–Crippen LogP) is 3.24. The molecule has 0 radical (unpaired) electrons. The van der Waals surface area contributed by atoms with Gasteiger partial charge in [-0.25, -0.2) is 4.79 Å². The molecule has 1 aromatic carbocycles. The first-order valence-corrected chi connectivity index (χ1v) is 8.04. The summed E-state index contributed by atoms with van der Waals surface area (Å²) in [5, 5.41) is 18.8. The lowest BCUT2D eigenvalue weighted by atomic mass is 10.2. The van der Waals surface area contributed by atoms with Gasteiger partial charge in [0.1, 0.15) is 16.1 Å². The average molecular weight is 342 g/mol. The summed E-state index contributed by atoms with van der Waals surface area (Å²) in [6, 6.07) is 8.08. The lowest BCUT2D eigenvalue weighted by molar-refractivity contribution is 0.0695. The summed E-state index contributed by atoms with van der Waals surface area (Å²) in [5.74, 6) is -1.06. The van der Waals surface area contributed by atoms with Crippen LogP contribution in [0.4, 0.5) is 5.69 Å². The van der Waals surface area contributed by atoms with Gasteiger partial charge >= 0.3 is 5.97 Å². The number of aromatic carboxylic acids is 1. The van der Waals surface area contributed by atoms with Crippen LogP contribution in [0.15, 0.2) is 46.3 Å². The topological polar surface area (TPSA) is 91.9 Å². The van der Waals surface area contributed by atoms with Crippen LogP contribution in [0.1, 0.15) is 22.2 Å². The molecular weight excluding hydrogens is 328 g/mol. The number of hydrogen-bond acceptors (Lipinski definition) is 5. The summed E-state index contributed by atoms with van der Waals surface area (Å²) >= 11 is 1.38. The number of aromatic hydroxyl groups is 1. The van der Waals surface area contributed by atoms with Crippen molar-refractivity contribution in [3.05, 3.63) is 57.2 Å². The zero-order valence-electron chi connectivity index (χ0n) is 12.8. The first-order chi connectivity index (χ1) is 11.5. The second-order valence-electron chi connectivity index (χ2n) is 5.11. The number of nitrogens with zero attached hydrogens (tertiary/aromatic N) is 2. The quantitative estimate of drug-likeness (QED) is 0.712.